The smallest absolute Gasteiger partial charge is 0.360 e. The number of carbonyl (C=O) groups excluding carboxylic acids is 3. The third-order valence-corrected chi connectivity index (χ3v) is 4.29. The average molecular weight is 383 g/mol. The summed E-state index contributed by atoms with van der Waals surface area (Å²) in [6.07, 6.45) is -0.735. The molecule has 0 aliphatic carbocycles. The molecule has 1 atom stereocenters. The number of ether oxygens (including phenoxy) is 3. The standard InChI is InChI=1S/C21H21NO6/c1-13(23)26-12-14-6-7-16-11-17(24)20(27-19(16)10-14)21(25)28-18-5-3-2-4-15(18)8-9-22/h2-7,10,20H,8-9,11-12,22H2,1H3. The second-order valence-corrected chi connectivity index (χ2v) is 6.43. The minimum Gasteiger partial charge on any atom is -0.470 e. The third-order valence-electron chi connectivity index (χ3n) is 4.29. The van der Waals surface area contributed by atoms with Gasteiger partial charge in [-0.25, -0.2) is 4.79 Å². The summed E-state index contributed by atoms with van der Waals surface area (Å²) in [5.74, 6) is -0.774. The van der Waals surface area contributed by atoms with Gasteiger partial charge in [-0.1, -0.05) is 30.3 Å². The molecule has 7 heteroatoms. The number of para-hydroxylation sites is 1. The van der Waals surface area contributed by atoms with E-state index in [0.717, 1.165) is 5.56 Å². The van der Waals surface area contributed by atoms with Crippen LogP contribution in [0, 0.1) is 0 Å². The van der Waals surface area contributed by atoms with Gasteiger partial charge in [-0.05, 0) is 36.2 Å². The van der Waals surface area contributed by atoms with Crippen LogP contribution in [0.2, 0.25) is 0 Å². The summed E-state index contributed by atoms with van der Waals surface area (Å²) in [4.78, 5) is 35.9. The van der Waals surface area contributed by atoms with Gasteiger partial charge in [-0.15, -0.1) is 0 Å². The summed E-state index contributed by atoms with van der Waals surface area (Å²) in [7, 11) is 0. The van der Waals surface area contributed by atoms with Gasteiger partial charge in [0.2, 0.25) is 0 Å². The largest absolute Gasteiger partial charge is 0.470 e. The first-order chi connectivity index (χ1) is 13.5. The second kappa shape index (κ2) is 8.67. The topological polar surface area (TPSA) is 105 Å². The van der Waals surface area contributed by atoms with Gasteiger partial charge in [0.25, 0.3) is 6.10 Å². The van der Waals surface area contributed by atoms with Crippen molar-refractivity contribution in [2.24, 2.45) is 5.73 Å². The predicted molar refractivity (Wildman–Crippen MR) is 99.9 cm³/mol. The zero-order valence-corrected chi connectivity index (χ0v) is 15.5. The van der Waals surface area contributed by atoms with E-state index in [1.807, 2.05) is 12.1 Å². The van der Waals surface area contributed by atoms with E-state index in [1.165, 1.54) is 6.92 Å². The van der Waals surface area contributed by atoms with Crippen LogP contribution in [0.1, 0.15) is 23.6 Å². The quantitative estimate of drug-likeness (QED) is 0.460. The molecular weight excluding hydrogens is 362 g/mol. The minimum absolute atomic E-state index is 0.0629. The van der Waals surface area contributed by atoms with Crippen molar-refractivity contribution in [3.05, 3.63) is 59.2 Å². The van der Waals surface area contributed by atoms with Crippen LogP contribution < -0.4 is 15.2 Å². The van der Waals surface area contributed by atoms with Crippen molar-refractivity contribution < 1.29 is 28.6 Å². The normalized spacial score (nSPS) is 15.4. The summed E-state index contributed by atoms with van der Waals surface area (Å²) in [6, 6.07) is 12.2. The molecule has 0 aromatic heterocycles. The van der Waals surface area contributed by atoms with Crippen LogP contribution in [0.25, 0.3) is 0 Å². The predicted octanol–water partition coefficient (Wildman–Crippen LogP) is 1.73. The van der Waals surface area contributed by atoms with Gasteiger partial charge in [0, 0.05) is 18.9 Å². The maximum atomic E-state index is 12.6. The van der Waals surface area contributed by atoms with Crippen LogP contribution in [0.4, 0.5) is 0 Å². The molecule has 0 saturated heterocycles. The fourth-order valence-electron chi connectivity index (χ4n) is 2.91. The molecule has 1 aliphatic rings. The molecule has 2 aromatic rings. The molecule has 0 saturated carbocycles. The monoisotopic (exact) mass is 383 g/mol. The SMILES string of the molecule is CC(=O)OCc1ccc2c(c1)OC(C(=O)Oc1ccccc1CCN)C(=O)C2. The molecule has 0 amide bonds. The lowest BCUT2D eigenvalue weighted by atomic mass is 9.99. The maximum absolute atomic E-state index is 12.6. The fourth-order valence-corrected chi connectivity index (χ4v) is 2.91. The first-order valence-electron chi connectivity index (χ1n) is 8.92. The van der Waals surface area contributed by atoms with Gasteiger partial charge in [0.15, 0.2) is 5.78 Å². The number of Topliss-reactive ketones (excluding diaryl/α,β-unsaturated/α-hetero) is 1. The van der Waals surface area contributed by atoms with Gasteiger partial charge < -0.3 is 19.9 Å². The van der Waals surface area contributed by atoms with Crippen LogP contribution in [-0.4, -0.2) is 30.4 Å². The Kier molecular flexibility index (Phi) is 6.06. The van der Waals surface area contributed by atoms with Crippen molar-refractivity contribution in [2.45, 2.75) is 32.5 Å². The Balaban J connectivity index is 1.75. The molecule has 1 heterocycles. The Bertz CT molecular complexity index is 908. The van der Waals surface area contributed by atoms with E-state index in [-0.39, 0.29) is 18.8 Å². The molecule has 2 aromatic carbocycles. The van der Waals surface area contributed by atoms with Crippen molar-refractivity contribution in [3.8, 4) is 11.5 Å². The lowest BCUT2D eigenvalue weighted by Gasteiger charge is -2.24. The molecular formula is C21H21NO6. The molecule has 0 radical (unpaired) electrons. The zero-order valence-electron chi connectivity index (χ0n) is 15.5. The first kappa shape index (κ1) is 19.6. The van der Waals surface area contributed by atoms with Crippen LogP contribution in [0.5, 0.6) is 11.5 Å². The fraction of sp³-hybridized carbons (Fsp3) is 0.286. The number of carbonyl (C=O) groups is 3. The Morgan fingerprint density at radius 2 is 2.00 bits per heavy atom. The highest BCUT2D eigenvalue weighted by Gasteiger charge is 2.35. The maximum Gasteiger partial charge on any atom is 0.360 e. The Labute approximate surface area is 162 Å². The summed E-state index contributed by atoms with van der Waals surface area (Å²) in [6.45, 7) is 1.82. The van der Waals surface area contributed by atoms with Crippen LogP contribution >= 0.6 is 0 Å². The van der Waals surface area contributed by atoms with E-state index >= 15 is 0 Å². The van der Waals surface area contributed by atoms with E-state index in [0.29, 0.717) is 35.6 Å². The minimum atomic E-state index is -1.34. The summed E-state index contributed by atoms with van der Waals surface area (Å²) in [5, 5.41) is 0. The molecule has 2 N–H and O–H groups in total. The molecule has 28 heavy (non-hydrogen) atoms. The molecule has 7 nitrogen and oxygen atoms in total. The van der Waals surface area contributed by atoms with Gasteiger partial charge in [0.05, 0.1) is 0 Å². The van der Waals surface area contributed by atoms with Crippen LogP contribution in [0.3, 0.4) is 0 Å². The first-order valence-corrected chi connectivity index (χ1v) is 8.92. The Morgan fingerprint density at radius 1 is 1.21 bits per heavy atom. The van der Waals surface area contributed by atoms with E-state index in [2.05, 4.69) is 0 Å². The van der Waals surface area contributed by atoms with E-state index < -0.39 is 18.0 Å². The van der Waals surface area contributed by atoms with Crippen molar-refractivity contribution >= 4 is 17.7 Å². The van der Waals surface area contributed by atoms with Gasteiger partial charge in [0.1, 0.15) is 18.1 Å². The third kappa shape index (κ3) is 4.55. The van der Waals surface area contributed by atoms with Crippen LogP contribution in [-0.2, 0) is 38.6 Å². The van der Waals surface area contributed by atoms with Crippen molar-refractivity contribution in [1.82, 2.24) is 0 Å². The van der Waals surface area contributed by atoms with Gasteiger partial charge in [-0.3, -0.25) is 9.59 Å². The number of fused-ring (bicyclic) bond motifs is 1. The molecule has 3 rings (SSSR count). The number of hydrogen-bond acceptors (Lipinski definition) is 7. The number of hydrogen-bond donors (Lipinski definition) is 1. The van der Waals surface area contributed by atoms with E-state index in [4.69, 9.17) is 19.9 Å². The van der Waals surface area contributed by atoms with Gasteiger partial charge in [-0.2, -0.15) is 0 Å². The highest BCUT2D eigenvalue weighted by Crippen LogP contribution is 2.29. The Hall–Kier alpha value is -3.19. The average Bonchev–Trinajstić information content (AvgIpc) is 2.67. The molecule has 0 bridgehead atoms. The highest BCUT2D eigenvalue weighted by atomic mass is 16.6. The number of rotatable bonds is 6. The van der Waals surface area contributed by atoms with E-state index in [9.17, 15) is 14.4 Å². The number of ketones is 1. The number of esters is 2. The lowest BCUT2D eigenvalue weighted by Crippen LogP contribution is -2.42. The van der Waals surface area contributed by atoms with Crippen molar-refractivity contribution in [3.63, 3.8) is 0 Å². The molecule has 1 aliphatic heterocycles. The second-order valence-electron chi connectivity index (χ2n) is 6.43. The highest BCUT2D eigenvalue weighted by molar-refractivity contribution is 6.05. The molecule has 146 valence electrons. The van der Waals surface area contributed by atoms with Crippen molar-refractivity contribution in [1.29, 1.82) is 0 Å². The lowest BCUT2D eigenvalue weighted by molar-refractivity contribution is -0.148. The molecule has 0 fully saturated rings. The molecule has 1 unspecified atom stereocenters. The van der Waals surface area contributed by atoms with Gasteiger partial charge >= 0.3 is 11.9 Å². The number of nitrogens with two attached hydrogens (primary N) is 1. The zero-order chi connectivity index (χ0) is 20.1. The van der Waals surface area contributed by atoms with E-state index in [1.54, 1.807) is 30.3 Å². The summed E-state index contributed by atoms with van der Waals surface area (Å²) < 4.78 is 16.0. The summed E-state index contributed by atoms with van der Waals surface area (Å²) >= 11 is 0. The molecule has 0 spiro atoms. The number of benzene rings is 2. The Morgan fingerprint density at radius 3 is 2.75 bits per heavy atom. The van der Waals surface area contributed by atoms with Crippen molar-refractivity contribution in [2.75, 3.05) is 6.54 Å². The van der Waals surface area contributed by atoms with Crippen LogP contribution in [0.15, 0.2) is 42.5 Å². The summed E-state index contributed by atoms with van der Waals surface area (Å²) in [5.41, 5.74) is 7.74.